The summed E-state index contributed by atoms with van der Waals surface area (Å²) < 4.78 is 0. The lowest BCUT2D eigenvalue weighted by molar-refractivity contribution is -0.137. The zero-order valence-electron chi connectivity index (χ0n) is 11.9. The Labute approximate surface area is 119 Å². The second-order valence-corrected chi connectivity index (χ2v) is 5.99. The molecule has 1 fully saturated rings. The number of amides is 2. The largest absolute Gasteiger partial charge is 0.343 e. The molecule has 2 amide bonds. The van der Waals surface area contributed by atoms with Crippen molar-refractivity contribution in [2.45, 2.75) is 44.7 Å². The molecule has 0 saturated carbocycles. The maximum absolute atomic E-state index is 12.1. The van der Waals surface area contributed by atoms with Crippen LogP contribution in [0.15, 0.2) is 0 Å². The second kappa shape index (κ2) is 8.43. The number of carbonyl (C=O) groups excluding carboxylic acids is 2. The third-order valence-corrected chi connectivity index (χ3v) is 4.01. The van der Waals surface area contributed by atoms with Crippen LogP contribution in [-0.4, -0.2) is 53.9 Å². The van der Waals surface area contributed by atoms with Crippen LogP contribution in [0.5, 0.6) is 0 Å². The standard InChI is InChI=1S/C13H25N3O2S/c1-10(13(18)16-7-4-3-5-8-16)15-12(17)11(14)6-9-19-2/h10-11H,3-9,14H2,1-2H3,(H,15,17)/t10?,11-/m1/s1. The van der Waals surface area contributed by atoms with Crippen molar-refractivity contribution in [2.75, 3.05) is 25.1 Å². The van der Waals surface area contributed by atoms with Crippen molar-refractivity contribution in [1.82, 2.24) is 10.2 Å². The van der Waals surface area contributed by atoms with Gasteiger partial charge in [0.25, 0.3) is 0 Å². The highest BCUT2D eigenvalue weighted by Crippen LogP contribution is 2.10. The van der Waals surface area contributed by atoms with Crippen LogP contribution in [0.1, 0.15) is 32.6 Å². The molecule has 110 valence electrons. The van der Waals surface area contributed by atoms with Gasteiger partial charge in [-0.25, -0.2) is 0 Å². The first kappa shape index (κ1) is 16.3. The van der Waals surface area contributed by atoms with Crippen LogP contribution in [0.25, 0.3) is 0 Å². The maximum Gasteiger partial charge on any atom is 0.244 e. The normalized spacial score (nSPS) is 18.8. The highest BCUT2D eigenvalue weighted by molar-refractivity contribution is 7.98. The van der Waals surface area contributed by atoms with E-state index in [9.17, 15) is 9.59 Å². The number of piperidine rings is 1. The van der Waals surface area contributed by atoms with Crippen molar-refractivity contribution in [1.29, 1.82) is 0 Å². The Kier molecular flexibility index (Phi) is 7.23. The lowest BCUT2D eigenvalue weighted by Crippen LogP contribution is -2.52. The quantitative estimate of drug-likeness (QED) is 0.749. The van der Waals surface area contributed by atoms with Gasteiger partial charge in [-0.15, -0.1) is 0 Å². The minimum Gasteiger partial charge on any atom is -0.343 e. The van der Waals surface area contributed by atoms with E-state index in [1.54, 1.807) is 18.7 Å². The molecule has 19 heavy (non-hydrogen) atoms. The fourth-order valence-electron chi connectivity index (χ4n) is 2.15. The molecule has 2 atom stereocenters. The van der Waals surface area contributed by atoms with E-state index in [0.717, 1.165) is 31.7 Å². The Morgan fingerprint density at radius 1 is 1.32 bits per heavy atom. The Morgan fingerprint density at radius 3 is 2.53 bits per heavy atom. The predicted molar refractivity (Wildman–Crippen MR) is 79.0 cm³/mol. The highest BCUT2D eigenvalue weighted by atomic mass is 32.2. The minimum absolute atomic E-state index is 0.00474. The molecule has 0 bridgehead atoms. The van der Waals surface area contributed by atoms with Gasteiger partial charge >= 0.3 is 0 Å². The average molecular weight is 287 g/mol. The van der Waals surface area contributed by atoms with Gasteiger partial charge in [0.15, 0.2) is 0 Å². The van der Waals surface area contributed by atoms with Crippen molar-refractivity contribution < 1.29 is 9.59 Å². The number of likely N-dealkylation sites (tertiary alicyclic amines) is 1. The van der Waals surface area contributed by atoms with E-state index in [1.165, 1.54) is 6.42 Å². The second-order valence-electron chi connectivity index (χ2n) is 5.00. The van der Waals surface area contributed by atoms with Crippen molar-refractivity contribution in [3.63, 3.8) is 0 Å². The van der Waals surface area contributed by atoms with Gasteiger partial charge in [0.1, 0.15) is 6.04 Å². The molecule has 0 spiro atoms. The van der Waals surface area contributed by atoms with Gasteiger partial charge < -0.3 is 16.0 Å². The van der Waals surface area contributed by atoms with Crippen LogP contribution in [0.2, 0.25) is 0 Å². The first-order valence-electron chi connectivity index (χ1n) is 6.90. The van der Waals surface area contributed by atoms with Crippen LogP contribution in [0.4, 0.5) is 0 Å². The van der Waals surface area contributed by atoms with Crippen LogP contribution in [0, 0.1) is 0 Å². The van der Waals surface area contributed by atoms with E-state index >= 15 is 0 Å². The molecule has 1 saturated heterocycles. The zero-order valence-corrected chi connectivity index (χ0v) is 12.7. The summed E-state index contributed by atoms with van der Waals surface area (Å²) in [4.78, 5) is 25.8. The molecule has 1 unspecified atom stereocenters. The first-order chi connectivity index (χ1) is 9.06. The van der Waals surface area contributed by atoms with Crippen LogP contribution in [0.3, 0.4) is 0 Å². The molecule has 0 aliphatic carbocycles. The third kappa shape index (κ3) is 5.40. The topological polar surface area (TPSA) is 75.4 Å². The lowest BCUT2D eigenvalue weighted by atomic mass is 10.1. The number of hydrogen-bond acceptors (Lipinski definition) is 4. The fourth-order valence-corrected chi connectivity index (χ4v) is 2.64. The molecule has 0 radical (unpaired) electrons. The number of carbonyl (C=O) groups is 2. The molecule has 6 heteroatoms. The van der Waals surface area contributed by atoms with Crippen molar-refractivity contribution in [3.05, 3.63) is 0 Å². The van der Waals surface area contributed by atoms with Crippen LogP contribution in [-0.2, 0) is 9.59 Å². The van der Waals surface area contributed by atoms with Gasteiger partial charge in [0.05, 0.1) is 6.04 Å². The number of rotatable bonds is 6. The minimum atomic E-state index is -0.524. The van der Waals surface area contributed by atoms with Crippen LogP contribution < -0.4 is 11.1 Å². The van der Waals surface area contributed by atoms with Gasteiger partial charge in [0.2, 0.25) is 11.8 Å². The summed E-state index contributed by atoms with van der Waals surface area (Å²) >= 11 is 1.66. The highest BCUT2D eigenvalue weighted by Gasteiger charge is 2.24. The predicted octanol–water partition coefficient (Wildman–Crippen LogP) is 0.584. The van der Waals surface area contributed by atoms with E-state index in [4.69, 9.17) is 5.73 Å². The van der Waals surface area contributed by atoms with Crippen molar-refractivity contribution in [2.24, 2.45) is 5.73 Å². The number of nitrogens with two attached hydrogens (primary N) is 1. The molecule has 3 N–H and O–H groups in total. The summed E-state index contributed by atoms with van der Waals surface area (Å²) in [7, 11) is 0. The Balaban J connectivity index is 2.37. The van der Waals surface area contributed by atoms with E-state index in [1.807, 2.05) is 11.2 Å². The SMILES string of the molecule is CSCC[C@@H](N)C(=O)NC(C)C(=O)N1CCCCC1. The van der Waals surface area contributed by atoms with Gasteiger partial charge in [-0.05, 0) is 44.6 Å². The summed E-state index contributed by atoms with van der Waals surface area (Å²) in [6.07, 6.45) is 5.91. The Hall–Kier alpha value is -0.750. The molecule has 1 rings (SSSR count). The molecule has 1 heterocycles. The van der Waals surface area contributed by atoms with Crippen molar-refractivity contribution in [3.8, 4) is 0 Å². The summed E-state index contributed by atoms with van der Waals surface area (Å²) in [6, 6.07) is -1.00. The molecule has 1 aliphatic rings. The van der Waals surface area contributed by atoms with Gasteiger partial charge in [-0.1, -0.05) is 0 Å². The van der Waals surface area contributed by atoms with Gasteiger partial charge in [-0.2, -0.15) is 11.8 Å². The van der Waals surface area contributed by atoms with E-state index < -0.39 is 12.1 Å². The molecular formula is C13H25N3O2S. The zero-order chi connectivity index (χ0) is 14.3. The number of hydrogen-bond donors (Lipinski definition) is 2. The van der Waals surface area contributed by atoms with E-state index in [0.29, 0.717) is 6.42 Å². The fraction of sp³-hybridized carbons (Fsp3) is 0.846. The number of thioether (sulfide) groups is 1. The summed E-state index contributed by atoms with van der Waals surface area (Å²) in [6.45, 7) is 3.34. The van der Waals surface area contributed by atoms with Crippen molar-refractivity contribution >= 4 is 23.6 Å². The summed E-state index contributed by atoms with van der Waals surface area (Å²) in [5, 5.41) is 2.72. The maximum atomic E-state index is 12.1. The smallest absolute Gasteiger partial charge is 0.244 e. The Bertz CT molecular complexity index is 306. The molecule has 5 nitrogen and oxygen atoms in total. The summed E-state index contributed by atoms with van der Waals surface area (Å²) in [5.41, 5.74) is 5.78. The third-order valence-electron chi connectivity index (χ3n) is 3.37. The Morgan fingerprint density at radius 2 is 1.95 bits per heavy atom. The summed E-state index contributed by atoms with van der Waals surface area (Å²) in [5.74, 6) is 0.625. The molecule has 0 aromatic heterocycles. The lowest BCUT2D eigenvalue weighted by Gasteiger charge is -2.29. The molecule has 0 aromatic carbocycles. The van der Waals surface area contributed by atoms with E-state index in [2.05, 4.69) is 5.32 Å². The van der Waals surface area contributed by atoms with Gasteiger partial charge in [-0.3, -0.25) is 9.59 Å². The number of nitrogens with zero attached hydrogens (tertiary/aromatic N) is 1. The molecule has 0 aromatic rings. The number of nitrogens with one attached hydrogen (secondary N) is 1. The molecular weight excluding hydrogens is 262 g/mol. The molecule has 1 aliphatic heterocycles. The van der Waals surface area contributed by atoms with Gasteiger partial charge in [0, 0.05) is 13.1 Å². The van der Waals surface area contributed by atoms with E-state index in [-0.39, 0.29) is 11.8 Å². The monoisotopic (exact) mass is 287 g/mol. The van der Waals surface area contributed by atoms with Crippen LogP contribution >= 0.6 is 11.8 Å². The first-order valence-corrected chi connectivity index (χ1v) is 8.29. The average Bonchev–Trinajstić information content (AvgIpc) is 2.44.